The second kappa shape index (κ2) is 26.8. The Morgan fingerprint density at radius 1 is 0.370 bits per heavy atom. The zero-order valence-electron chi connectivity index (χ0n) is 64.2. The van der Waals surface area contributed by atoms with Gasteiger partial charge in [-0.1, -0.05) is 48.5 Å². The fourth-order valence-corrected chi connectivity index (χ4v) is 17.8. The largest absolute Gasteiger partial charge is 0.438 e. The Hall–Kier alpha value is -17.7. The SMILES string of the molecule is [C-]#[N+]c1cc(C#N)c2c[n+]3n(c2c1)-c1c(C)cc(C)c(C)c1C3.[C-]#[N+]c1cc(C#N)c2c[n+]3n(c2c1)-c1c(C)ccc(C)c1C3.[C-]#[N+]c1cc(C#N)c2c[n+]3n(c2c1)-c1c(ccc2c1oc1ncccc12)C3.[C-]#[N+]c1cc(C#N)c2c[n+]3n(c2c1)-c1cc2oc4ncccc4c2cc1C3.[C-]#[N+]c1ccc2c[n+]3n(c2c1[N+]#[C-])-c1ccccc1C3. The predicted molar refractivity (Wildman–Crippen MR) is 443 cm³/mol. The molecule has 0 fully saturated rings. The first kappa shape index (κ1) is 70.5. The van der Waals surface area contributed by atoms with E-state index >= 15 is 0 Å². The van der Waals surface area contributed by atoms with Crippen LogP contribution in [-0.4, -0.2) is 33.4 Å². The molecular weight excluding hydrogens is 1480 g/mol. The van der Waals surface area contributed by atoms with Gasteiger partial charge < -0.3 is 8.83 Å². The molecule has 0 bridgehead atoms. The summed E-state index contributed by atoms with van der Waals surface area (Å²) in [5.74, 6) is 0. The van der Waals surface area contributed by atoms with Gasteiger partial charge in [0.15, 0.2) is 72.4 Å². The maximum absolute atomic E-state index is 9.51. The molecule has 0 radical (unpaired) electrons. The average molecular weight is 1540 g/mol. The third-order valence-electron chi connectivity index (χ3n) is 23.3. The Bertz CT molecular complexity index is 8380. The number of rotatable bonds is 0. The van der Waals surface area contributed by atoms with Crippen LogP contribution in [0.3, 0.4) is 0 Å². The maximum Gasteiger partial charge on any atom is 0.227 e. The van der Waals surface area contributed by atoms with Gasteiger partial charge in [0.2, 0.25) is 48.1 Å². The number of aromatic nitrogens is 12. The summed E-state index contributed by atoms with van der Waals surface area (Å²) in [4.78, 5) is 29.8. The Morgan fingerprint density at radius 3 is 1.44 bits per heavy atom. The van der Waals surface area contributed by atoms with Crippen LogP contribution < -0.4 is 23.4 Å². The molecule has 0 saturated carbocycles. The highest BCUT2D eigenvalue weighted by Gasteiger charge is 2.38. The molecule has 9 aromatic heterocycles. The van der Waals surface area contributed by atoms with Gasteiger partial charge in [-0.15, -0.1) is 46.8 Å². The number of hydrogen-bond acceptors (Lipinski definition) is 8. The fourth-order valence-electron chi connectivity index (χ4n) is 17.8. The van der Waals surface area contributed by atoms with Gasteiger partial charge in [0, 0.05) is 51.1 Å². The lowest BCUT2D eigenvalue weighted by Gasteiger charge is -2.08. The minimum Gasteiger partial charge on any atom is -0.438 e. The van der Waals surface area contributed by atoms with Gasteiger partial charge in [-0.3, -0.25) is 4.85 Å². The molecule has 24 nitrogen and oxygen atoms in total. The number of nitriles is 4. The summed E-state index contributed by atoms with van der Waals surface area (Å²) in [6.07, 6.45) is 13.5. The number of nitrogens with zero attached hydrogens (tertiary/aromatic N) is 22. The van der Waals surface area contributed by atoms with Crippen molar-refractivity contribution in [2.75, 3.05) is 0 Å². The molecule has 5 aliphatic rings. The fraction of sp³-hybridized carbons (Fsp3) is 0.105. The Morgan fingerprint density at radius 2 is 0.866 bits per heavy atom. The monoisotopic (exact) mass is 1540 g/mol. The quantitative estimate of drug-likeness (QED) is 0.105. The first-order chi connectivity index (χ1) is 58.1. The molecule has 0 atom stereocenters. The third kappa shape index (κ3) is 10.6. The molecule has 0 unspecified atom stereocenters. The highest BCUT2D eigenvalue weighted by molar-refractivity contribution is 6.08. The van der Waals surface area contributed by atoms with Crippen molar-refractivity contribution >= 4 is 133 Å². The molecule has 0 N–H and O–H groups in total. The van der Waals surface area contributed by atoms with E-state index in [1.165, 1.54) is 61.4 Å². The van der Waals surface area contributed by atoms with Crippen LogP contribution in [0.4, 0.5) is 34.1 Å². The van der Waals surface area contributed by atoms with Crippen molar-refractivity contribution in [3.05, 3.63) is 341 Å². The van der Waals surface area contributed by atoms with Crippen LogP contribution in [0, 0.1) is 119 Å². The molecule has 0 aliphatic carbocycles. The van der Waals surface area contributed by atoms with Crippen molar-refractivity contribution in [3.8, 4) is 52.7 Å². The lowest BCUT2D eigenvalue weighted by molar-refractivity contribution is -0.749. The summed E-state index contributed by atoms with van der Waals surface area (Å²) in [6, 6.07) is 57.3. The highest BCUT2D eigenvalue weighted by Crippen LogP contribution is 2.43. The summed E-state index contributed by atoms with van der Waals surface area (Å²) >= 11 is 0. The first-order valence-electron chi connectivity index (χ1n) is 37.7. The summed E-state index contributed by atoms with van der Waals surface area (Å²) in [5.41, 5.74) is 30.0. The molecule has 554 valence electrons. The van der Waals surface area contributed by atoms with E-state index < -0.39 is 0 Å². The Labute approximate surface area is 677 Å². The van der Waals surface area contributed by atoms with Gasteiger partial charge in [-0.2, -0.15) is 21.0 Å². The minimum absolute atomic E-state index is 0.415. The number of benzene rings is 10. The molecule has 119 heavy (non-hydrogen) atoms. The van der Waals surface area contributed by atoms with Gasteiger partial charge in [0.05, 0.1) is 130 Å². The van der Waals surface area contributed by atoms with Crippen LogP contribution in [0.15, 0.2) is 204 Å². The van der Waals surface area contributed by atoms with Gasteiger partial charge in [0.1, 0.15) is 55.9 Å². The van der Waals surface area contributed by atoms with Crippen molar-refractivity contribution in [2.24, 2.45) is 0 Å². The van der Waals surface area contributed by atoms with E-state index in [0.717, 1.165) is 129 Å². The minimum atomic E-state index is 0.415. The molecule has 0 saturated heterocycles. The number of hydrogen-bond donors (Lipinski definition) is 0. The molecule has 0 amide bonds. The van der Waals surface area contributed by atoms with Crippen LogP contribution >= 0.6 is 0 Å². The third-order valence-corrected chi connectivity index (χ3v) is 23.3. The smallest absolute Gasteiger partial charge is 0.227 e. The van der Waals surface area contributed by atoms with E-state index in [4.69, 9.17) is 48.3 Å². The standard InChI is InChI=1S/2C21H10N5O.C19H15N4.C18H13N4.C16H9N4/c1-23-14-7-13(9-22)17-11-25-10-12-4-5-15-16-3-2-6-24-21(16)27-20(15)19(12)26(25)18(17)8-14;1-23-14-5-12(9-22)17-11-25-10-13-6-16-15-3-2-4-24-21(15)27-20(16)8-18(13)26(25)19(17)7-14;1-11-5-12(2)19-16(13(11)3)9-22-10-17-14(8-20)6-15(21-4)7-18(17)23(19)22;1-11-4-5-12(2)18-15(11)9-21-10-16-13(8-19)6-14(20-3)7-17(16)22(18)21;1-17-13-8-7-12-10-19-9-11-5-3-4-6-14(11)20(19)16(12)15(13)18-2/h2*2-8,11H,10H2;5-7,10H,9H2,1-3H3;4-7,10H,9H2,1-2H3;3-8,10H,9H2/q5*+1. The van der Waals surface area contributed by atoms with Gasteiger partial charge in [-0.25, -0.2) is 34.2 Å². The topological polar surface area (TPSA) is 217 Å². The van der Waals surface area contributed by atoms with Crippen molar-refractivity contribution in [1.29, 1.82) is 21.0 Å². The first-order valence-corrected chi connectivity index (χ1v) is 37.7. The van der Waals surface area contributed by atoms with Crippen molar-refractivity contribution in [2.45, 2.75) is 67.3 Å². The van der Waals surface area contributed by atoms with E-state index in [1.54, 1.807) is 42.7 Å². The van der Waals surface area contributed by atoms with E-state index in [9.17, 15) is 21.0 Å². The van der Waals surface area contributed by atoms with Gasteiger partial charge in [0.25, 0.3) is 0 Å². The van der Waals surface area contributed by atoms with E-state index in [-0.39, 0.29) is 0 Å². The number of pyridine rings is 2. The molecule has 19 aromatic rings. The summed E-state index contributed by atoms with van der Waals surface area (Å²) in [6.45, 7) is 58.3. The van der Waals surface area contributed by atoms with Crippen LogP contribution in [0.25, 0.3) is 156 Å². The molecule has 5 aliphatic heterocycles. The normalized spacial score (nSPS) is 12.0. The average Bonchev–Trinajstić information content (AvgIpc) is 1.59. The van der Waals surface area contributed by atoms with Crippen molar-refractivity contribution in [1.82, 2.24) is 33.4 Å². The zero-order valence-corrected chi connectivity index (χ0v) is 64.2. The van der Waals surface area contributed by atoms with Crippen molar-refractivity contribution in [3.63, 3.8) is 0 Å². The summed E-state index contributed by atoms with van der Waals surface area (Å²) in [7, 11) is 0. The molecule has 0 spiro atoms. The van der Waals surface area contributed by atoms with Crippen LogP contribution in [0.5, 0.6) is 0 Å². The van der Waals surface area contributed by atoms with Crippen LogP contribution in [0.2, 0.25) is 0 Å². The lowest BCUT2D eigenvalue weighted by Crippen LogP contribution is -2.36. The summed E-state index contributed by atoms with van der Waals surface area (Å²) in [5, 5.41) is 46.3. The predicted octanol–water partition coefficient (Wildman–Crippen LogP) is 18.3. The Balaban J connectivity index is 0.0000000957. The molecule has 24 rings (SSSR count). The van der Waals surface area contributed by atoms with E-state index in [1.807, 2.05) is 113 Å². The molecule has 24 heteroatoms. The number of furan rings is 2. The number of fused-ring (bicyclic) bond motifs is 32. The molecule has 14 heterocycles. The number of aryl methyl sites for hydroxylation is 4. The van der Waals surface area contributed by atoms with Gasteiger partial charge in [-0.05, 0) is 159 Å². The Kier molecular flexibility index (Phi) is 15.9. The zero-order chi connectivity index (χ0) is 81.7. The molecular formula is C95H57N22O2+5. The van der Waals surface area contributed by atoms with E-state index in [2.05, 4.69) is 184 Å². The van der Waals surface area contributed by atoms with Crippen LogP contribution in [0.1, 0.15) is 77.9 Å². The van der Waals surface area contributed by atoms with Crippen molar-refractivity contribution < 1.29 is 32.2 Å². The number of para-hydroxylation sites is 1. The highest BCUT2D eigenvalue weighted by atomic mass is 16.3. The maximum atomic E-state index is 9.51. The van der Waals surface area contributed by atoms with E-state index in [0.29, 0.717) is 80.9 Å². The second-order valence-corrected chi connectivity index (χ2v) is 29.8. The van der Waals surface area contributed by atoms with Gasteiger partial charge >= 0.3 is 0 Å². The second-order valence-electron chi connectivity index (χ2n) is 29.8. The lowest BCUT2D eigenvalue weighted by atomic mass is 9.98. The molecule has 10 aromatic carbocycles. The van der Waals surface area contributed by atoms with Crippen LogP contribution in [-0.2, 0) is 32.7 Å². The summed E-state index contributed by atoms with van der Waals surface area (Å²) < 4.78 is 33.0.